The topological polar surface area (TPSA) is 70.3 Å². The van der Waals surface area contributed by atoms with Crippen LogP contribution < -0.4 is 5.32 Å². The molecule has 21 heavy (non-hydrogen) atoms. The van der Waals surface area contributed by atoms with E-state index < -0.39 is 0 Å². The molecule has 5 nitrogen and oxygen atoms in total. The first kappa shape index (κ1) is 14.5. The number of nitrogens with zero attached hydrogens (tertiary/aromatic N) is 2. The van der Waals surface area contributed by atoms with Gasteiger partial charge in [-0.2, -0.15) is 0 Å². The van der Waals surface area contributed by atoms with Crippen LogP contribution in [0.1, 0.15) is 31.5 Å². The summed E-state index contributed by atoms with van der Waals surface area (Å²) in [5.41, 5.74) is 2.00. The summed E-state index contributed by atoms with van der Waals surface area (Å²) >= 11 is 0. The third kappa shape index (κ3) is 3.10. The van der Waals surface area contributed by atoms with E-state index in [1.807, 2.05) is 24.3 Å². The minimum Gasteiger partial charge on any atom is -0.392 e. The molecule has 0 radical (unpaired) electrons. The van der Waals surface area contributed by atoms with Crippen molar-refractivity contribution in [3.05, 3.63) is 30.1 Å². The lowest BCUT2D eigenvalue weighted by Gasteiger charge is -2.29. The number of rotatable bonds is 5. The van der Waals surface area contributed by atoms with Gasteiger partial charge in [-0.3, -0.25) is 0 Å². The molecule has 3 rings (SSSR count). The van der Waals surface area contributed by atoms with E-state index in [1.165, 1.54) is 0 Å². The highest BCUT2D eigenvalue weighted by atomic mass is 16.3. The molecule has 1 aliphatic rings. The second kappa shape index (κ2) is 6.56. The van der Waals surface area contributed by atoms with E-state index in [9.17, 15) is 10.2 Å². The van der Waals surface area contributed by atoms with E-state index in [0.29, 0.717) is 5.82 Å². The third-order valence-corrected chi connectivity index (χ3v) is 4.32. The van der Waals surface area contributed by atoms with Crippen LogP contribution in [0.25, 0.3) is 11.0 Å². The number of hydrogen-bond acceptors (Lipinski definition) is 4. The van der Waals surface area contributed by atoms with Crippen LogP contribution in [-0.4, -0.2) is 38.5 Å². The van der Waals surface area contributed by atoms with Gasteiger partial charge in [-0.15, -0.1) is 0 Å². The zero-order valence-electron chi connectivity index (χ0n) is 12.2. The predicted molar refractivity (Wildman–Crippen MR) is 81.9 cm³/mol. The number of aliphatic hydroxyl groups excluding tert-OH is 2. The van der Waals surface area contributed by atoms with Gasteiger partial charge in [0.05, 0.1) is 17.1 Å². The molecule has 5 heteroatoms. The smallest absolute Gasteiger partial charge is 0.135 e. The molecule has 0 unspecified atom stereocenters. The highest BCUT2D eigenvalue weighted by molar-refractivity contribution is 5.75. The number of piperidine rings is 1. The van der Waals surface area contributed by atoms with Crippen LogP contribution in [0.4, 0.5) is 0 Å². The van der Waals surface area contributed by atoms with E-state index in [0.717, 1.165) is 49.8 Å². The highest BCUT2D eigenvalue weighted by Gasteiger charge is 2.22. The number of fused-ring (bicyclic) bond motifs is 1. The second-order valence-corrected chi connectivity index (χ2v) is 5.74. The first-order valence-electron chi connectivity index (χ1n) is 7.76. The van der Waals surface area contributed by atoms with Crippen LogP contribution in [0.3, 0.4) is 0 Å². The molecule has 2 atom stereocenters. The Morgan fingerprint density at radius 2 is 2.19 bits per heavy atom. The van der Waals surface area contributed by atoms with Crippen LogP contribution in [0.2, 0.25) is 0 Å². The van der Waals surface area contributed by atoms with Gasteiger partial charge in [0.25, 0.3) is 0 Å². The Morgan fingerprint density at radius 3 is 3.00 bits per heavy atom. The van der Waals surface area contributed by atoms with Crippen molar-refractivity contribution < 1.29 is 10.2 Å². The molecule has 0 amide bonds. The average Bonchev–Trinajstić information content (AvgIpc) is 2.87. The molecule has 0 bridgehead atoms. The van der Waals surface area contributed by atoms with Crippen molar-refractivity contribution in [1.29, 1.82) is 0 Å². The zero-order chi connectivity index (χ0) is 14.7. The van der Waals surface area contributed by atoms with Gasteiger partial charge in [-0.05, 0) is 44.4 Å². The van der Waals surface area contributed by atoms with Crippen molar-refractivity contribution >= 4 is 11.0 Å². The van der Waals surface area contributed by atoms with Crippen molar-refractivity contribution in [2.45, 2.75) is 51.0 Å². The molecule has 1 saturated heterocycles. The van der Waals surface area contributed by atoms with Crippen LogP contribution in [-0.2, 0) is 13.2 Å². The van der Waals surface area contributed by atoms with E-state index in [2.05, 4.69) is 14.9 Å². The first-order chi connectivity index (χ1) is 10.3. The number of para-hydroxylation sites is 2. The van der Waals surface area contributed by atoms with Crippen LogP contribution in [0.5, 0.6) is 0 Å². The summed E-state index contributed by atoms with van der Waals surface area (Å²) in [4.78, 5) is 4.46. The van der Waals surface area contributed by atoms with Gasteiger partial charge in [0, 0.05) is 12.6 Å². The number of imidazole rings is 1. The first-order valence-corrected chi connectivity index (χ1v) is 7.76. The van der Waals surface area contributed by atoms with E-state index >= 15 is 0 Å². The highest BCUT2D eigenvalue weighted by Crippen LogP contribution is 2.18. The van der Waals surface area contributed by atoms with Crippen molar-refractivity contribution in [1.82, 2.24) is 14.9 Å². The Kier molecular flexibility index (Phi) is 4.53. The second-order valence-electron chi connectivity index (χ2n) is 5.74. The molecule has 0 aliphatic carbocycles. The maximum Gasteiger partial charge on any atom is 0.135 e. The number of benzene rings is 1. The maximum absolute atomic E-state index is 9.98. The molecule has 0 spiro atoms. The van der Waals surface area contributed by atoms with Crippen molar-refractivity contribution in [3.8, 4) is 0 Å². The number of aliphatic hydroxyl groups is 2. The normalized spacial score (nSPS) is 22.8. The Hall–Kier alpha value is -1.43. The van der Waals surface area contributed by atoms with Gasteiger partial charge in [-0.1, -0.05) is 12.1 Å². The molecule has 1 aromatic carbocycles. The number of hydrogen-bond donors (Lipinski definition) is 3. The van der Waals surface area contributed by atoms with Gasteiger partial charge >= 0.3 is 0 Å². The minimum absolute atomic E-state index is 0.0427. The van der Waals surface area contributed by atoms with Crippen molar-refractivity contribution in [2.75, 3.05) is 6.54 Å². The van der Waals surface area contributed by atoms with Crippen LogP contribution >= 0.6 is 0 Å². The Labute approximate surface area is 124 Å². The lowest BCUT2D eigenvalue weighted by atomic mass is 9.97. The van der Waals surface area contributed by atoms with Crippen molar-refractivity contribution in [3.63, 3.8) is 0 Å². The summed E-state index contributed by atoms with van der Waals surface area (Å²) in [5, 5.41) is 22.8. The summed E-state index contributed by atoms with van der Waals surface area (Å²) in [5.74, 6) is 0.716. The molecule has 1 aliphatic heterocycles. The fraction of sp³-hybridized carbons (Fsp3) is 0.562. The minimum atomic E-state index is -0.226. The Balaban J connectivity index is 1.67. The number of aromatic nitrogens is 2. The number of aryl methyl sites for hydroxylation is 1. The average molecular weight is 289 g/mol. The van der Waals surface area contributed by atoms with Crippen LogP contribution in [0.15, 0.2) is 24.3 Å². The molecule has 114 valence electrons. The molecule has 1 aromatic heterocycles. The standard InChI is InChI=1S/C16H23N3O2/c20-11-16-18-12-5-1-2-7-14(12)19(16)10-4-6-13-15(21)8-3-9-17-13/h1-2,5,7,13,15,17,20-21H,3-4,6,8-11H2/t13-,15+/m1/s1. The Morgan fingerprint density at radius 1 is 1.33 bits per heavy atom. The summed E-state index contributed by atoms with van der Waals surface area (Å²) in [7, 11) is 0. The van der Waals surface area contributed by atoms with Gasteiger partial charge in [0.15, 0.2) is 0 Å². The SMILES string of the molecule is OCc1nc2ccccc2n1CCC[C@H]1NCCC[C@@H]1O. The summed E-state index contributed by atoms with van der Waals surface area (Å²) in [6.07, 6.45) is 3.63. The molecule has 2 aromatic rings. The third-order valence-electron chi connectivity index (χ3n) is 4.32. The maximum atomic E-state index is 9.98. The molecule has 2 heterocycles. The predicted octanol–water partition coefficient (Wildman–Crippen LogP) is 1.42. The van der Waals surface area contributed by atoms with E-state index in [-0.39, 0.29) is 18.8 Å². The van der Waals surface area contributed by atoms with Gasteiger partial charge in [-0.25, -0.2) is 4.98 Å². The quantitative estimate of drug-likeness (QED) is 0.778. The molecule has 3 N–H and O–H groups in total. The molecular formula is C16H23N3O2. The zero-order valence-corrected chi connectivity index (χ0v) is 12.2. The Bertz CT molecular complexity index is 596. The molecule has 1 fully saturated rings. The summed E-state index contributed by atoms with van der Waals surface area (Å²) in [6, 6.07) is 8.16. The van der Waals surface area contributed by atoms with E-state index in [4.69, 9.17) is 0 Å². The molecule has 0 saturated carbocycles. The lowest BCUT2D eigenvalue weighted by molar-refractivity contribution is 0.0908. The fourth-order valence-electron chi connectivity index (χ4n) is 3.20. The lowest BCUT2D eigenvalue weighted by Crippen LogP contribution is -2.44. The van der Waals surface area contributed by atoms with Gasteiger partial charge < -0.3 is 20.1 Å². The number of nitrogens with one attached hydrogen (secondary N) is 1. The summed E-state index contributed by atoms with van der Waals surface area (Å²) in [6.45, 7) is 1.78. The monoisotopic (exact) mass is 289 g/mol. The molecular weight excluding hydrogens is 266 g/mol. The summed E-state index contributed by atoms with van der Waals surface area (Å²) < 4.78 is 2.09. The van der Waals surface area contributed by atoms with Crippen LogP contribution in [0, 0.1) is 0 Å². The van der Waals surface area contributed by atoms with Gasteiger partial charge in [0.1, 0.15) is 12.4 Å². The van der Waals surface area contributed by atoms with Crippen molar-refractivity contribution in [2.24, 2.45) is 0 Å². The van der Waals surface area contributed by atoms with Gasteiger partial charge in [0.2, 0.25) is 0 Å². The van der Waals surface area contributed by atoms with E-state index in [1.54, 1.807) is 0 Å². The largest absolute Gasteiger partial charge is 0.392 e. The fourth-order valence-corrected chi connectivity index (χ4v) is 3.20.